The first kappa shape index (κ1) is 17.8. The van der Waals surface area contributed by atoms with Crippen LogP contribution in [0.3, 0.4) is 0 Å². The van der Waals surface area contributed by atoms with E-state index in [0.29, 0.717) is 16.7 Å². The molecule has 3 heterocycles. The molecule has 0 saturated carbocycles. The number of nitriles is 1. The molecule has 4 rings (SSSR count). The van der Waals surface area contributed by atoms with Gasteiger partial charge in [-0.1, -0.05) is 12.1 Å². The number of carbonyl (C=O) groups excluding carboxylic acids is 1. The van der Waals surface area contributed by atoms with Crippen LogP contribution >= 0.6 is 11.3 Å². The Kier molecular flexibility index (Phi) is 4.33. The SMILES string of the molecule is CCOC(=O)c1sc(N)c(C#N)c1Cn1cnc2c(oc3ccccc32)c1=O. The largest absolute Gasteiger partial charge is 0.462 e. The zero-order valence-electron chi connectivity index (χ0n) is 14.8. The standard InChI is InChI=1S/C19H14N4O4S/c1-2-26-19(25)16-12(11(7-20)17(21)28-16)8-23-9-22-14-10-5-3-4-6-13(10)27-15(14)18(23)24/h3-6,9H,2,8,21H2,1H3. The Morgan fingerprint density at radius 3 is 2.96 bits per heavy atom. The molecule has 0 unspecified atom stereocenters. The fourth-order valence-electron chi connectivity index (χ4n) is 3.02. The third-order valence-electron chi connectivity index (χ3n) is 4.29. The number of fused-ring (bicyclic) bond motifs is 3. The third kappa shape index (κ3) is 2.71. The van der Waals surface area contributed by atoms with Crippen LogP contribution < -0.4 is 11.3 Å². The zero-order valence-corrected chi connectivity index (χ0v) is 15.6. The number of nitrogens with zero attached hydrogens (tertiary/aromatic N) is 3. The number of hydrogen-bond acceptors (Lipinski definition) is 8. The zero-order chi connectivity index (χ0) is 19.8. The summed E-state index contributed by atoms with van der Waals surface area (Å²) in [6.45, 7) is 1.82. The molecule has 3 aromatic heterocycles. The summed E-state index contributed by atoms with van der Waals surface area (Å²) in [4.78, 5) is 29.7. The number of anilines is 1. The fraction of sp³-hybridized carbons (Fsp3) is 0.158. The lowest BCUT2D eigenvalue weighted by Gasteiger charge is -2.07. The molecule has 0 bridgehead atoms. The quantitative estimate of drug-likeness (QED) is 0.528. The van der Waals surface area contributed by atoms with Crippen LogP contribution in [-0.2, 0) is 11.3 Å². The van der Waals surface area contributed by atoms with Crippen molar-refractivity contribution < 1.29 is 13.9 Å². The number of rotatable bonds is 4. The second-order valence-electron chi connectivity index (χ2n) is 5.93. The average Bonchev–Trinajstić information content (AvgIpc) is 3.22. The molecule has 9 heteroatoms. The van der Waals surface area contributed by atoms with Crippen LogP contribution in [-0.4, -0.2) is 22.1 Å². The van der Waals surface area contributed by atoms with Crippen molar-refractivity contribution in [1.29, 1.82) is 5.26 Å². The van der Waals surface area contributed by atoms with Gasteiger partial charge in [0.05, 0.1) is 25.0 Å². The molecule has 0 saturated heterocycles. The summed E-state index contributed by atoms with van der Waals surface area (Å²) in [5.74, 6) is -0.582. The molecule has 0 aliphatic heterocycles. The van der Waals surface area contributed by atoms with Crippen molar-refractivity contribution in [2.45, 2.75) is 13.5 Å². The number of thiophene rings is 1. The number of hydrogen-bond donors (Lipinski definition) is 1. The smallest absolute Gasteiger partial charge is 0.348 e. The van der Waals surface area contributed by atoms with E-state index >= 15 is 0 Å². The van der Waals surface area contributed by atoms with Crippen molar-refractivity contribution in [2.24, 2.45) is 0 Å². The number of nitrogen functional groups attached to an aromatic ring is 1. The topological polar surface area (TPSA) is 124 Å². The van der Waals surface area contributed by atoms with E-state index in [1.807, 2.05) is 24.3 Å². The van der Waals surface area contributed by atoms with Gasteiger partial charge < -0.3 is 14.9 Å². The minimum absolute atomic E-state index is 0.0520. The van der Waals surface area contributed by atoms with Gasteiger partial charge in [0.15, 0.2) is 0 Å². The van der Waals surface area contributed by atoms with Crippen LogP contribution in [0, 0.1) is 11.3 Å². The number of furan rings is 1. The van der Waals surface area contributed by atoms with Crippen molar-refractivity contribution in [3.8, 4) is 6.07 Å². The number of para-hydroxylation sites is 1. The van der Waals surface area contributed by atoms with E-state index in [1.54, 1.807) is 13.0 Å². The number of nitrogens with two attached hydrogens (primary N) is 1. The van der Waals surface area contributed by atoms with Crippen molar-refractivity contribution in [2.75, 3.05) is 12.3 Å². The van der Waals surface area contributed by atoms with E-state index in [-0.39, 0.29) is 34.2 Å². The minimum Gasteiger partial charge on any atom is -0.462 e. The monoisotopic (exact) mass is 394 g/mol. The number of ether oxygens (including phenoxy) is 1. The van der Waals surface area contributed by atoms with E-state index in [9.17, 15) is 14.9 Å². The number of benzene rings is 1. The van der Waals surface area contributed by atoms with Gasteiger partial charge >= 0.3 is 5.97 Å². The van der Waals surface area contributed by atoms with Gasteiger partial charge in [-0.05, 0) is 19.1 Å². The number of aromatic nitrogens is 2. The van der Waals surface area contributed by atoms with Crippen LogP contribution in [0.25, 0.3) is 22.1 Å². The van der Waals surface area contributed by atoms with Gasteiger partial charge in [-0.2, -0.15) is 5.26 Å². The van der Waals surface area contributed by atoms with E-state index < -0.39 is 11.5 Å². The van der Waals surface area contributed by atoms with Gasteiger partial charge in [0, 0.05) is 10.9 Å². The summed E-state index contributed by atoms with van der Waals surface area (Å²) in [6, 6.07) is 9.22. The highest BCUT2D eigenvalue weighted by Gasteiger charge is 2.24. The molecule has 0 radical (unpaired) electrons. The predicted octanol–water partition coefficient (Wildman–Crippen LogP) is 2.88. The van der Waals surface area contributed by atoms with E-state index in [4.69, 9.17) is 14.9 Å². The maximum Gasteiger partial charge on any atom is 0.348 e. The van der Waals surface area contributed by atoms with Crippen molar-refractivity contribution in [3.05, 3.63) is 57.0 Å². The fourth-order valence-corrected chi connectivity index (χ4v) is 3.94. The Morgan fingerprint density at radius 1 is 1.43 bits per heavy atom. The molecular formula is C19H14N4O4S. The molecule has 0 fully saturated rings. The van der Waals surface area contributed by atoms with E-state index in [1.165, 1.54) is 10.9 Å². The molecule has 2 N–H and O–H groups in total. The van der Waals surface area contributed by atoms with Crippen molar-refractivity contribution in [1.82, 2.24) is 9.55 Å². The van der Waals surface area contributed by atoms with Crippen LogP contribution in [0.4, 0.5) is 5.00 Å². The van der Waals surface area contributed by atoms with Crippen LogP contribution in [0.2, 0.25) is 0 Å². The summed E-state index contributed by atoms with van der Waals surface area (Å²) in [5, 5.41) is 10.4. The summed E-state index contributed by atoms with van der Waals surface area (Å²) in [5.41, 5.74) is 7.11. The molecule has 1 aromatic carbocycles. The molecule has 4 aromatic rings. The Bertz CT molecular complexity index is 1330. The highest BCUT2D eigenvalue weighted by molar-refractivity contribution is 7.18. The maximum absolute atomic E-state index is 12.9. The Morgan fingerprint density at radius 2 is 2.21 bits per heavy atom. The first-order chi connectivity index (χ1) is 13.5. The molecular weight excluding hydrogens is 380 g/mol. The van der Waals surface area contributed by atoms with Crippen LogP contribution in [0.15, 0.2) is 39.8 Å². The summed E-state index contributed by atoms with van der Waals surface area (Å²) >= 11 is 0.968. The average molecular weight is 394 g/mol. The molecule has 0 amide bonds. The Labute approximate surface area is 162 Å². The normalized spacial score (nSPS) is 11.0. The van der Waals surface area contributed by atoms with Gasteiger partial charge in [-0.15, -0.1) is 11.3 Å². The van der Waals surface area contributed by atoms with Gasteiger partial charge in [-0.3, -0.25) is 9.36 Å². The van der Waals surface area contributed by atoms with Crippen molar-refractivity contribution >= 4 is 44.4 Å². The summed E-state index contributed by atoms with van der Waals surface area (Å²) in [7, 11) is 0. The predicted molar refractivity (Wildman–Crippen MR) is 104 cm³/mol. The van der Waals surface area contributed by atoms with Crippen LogP contribution in [0.1, 0.15) is 27.7 Å². The lowest BCUT2D eigenvalue weighted by atomic mass is 10.1. The van der Waals surface area contributed by atoms with Gasteiger partial charge in [0.2, 0.25) is 5.58 Å². The maximum atomic E-state index is 12.9. The molecule has 140 valence electrons. The summed E-state index contributed by atoms with van der Waals surface area (Å²) < 4.78 is 12.0. The third-order valence-corrected chi connectivity index (χ3v) is 5.33. The Hall–Kier alpha value is -3.64. The molecule has 0 atom stereocenters. The second kappa shape index (κ2) is 6.83. The molecule has 28 heavy (non-hydrogen) atoms. The molecule has 0 aliphatic carbocycles. The second-order valence-corrected chi connectivity index (χ2v) is 6.99. The number of esters is 1. The summed E-state index contributed by atoms with van der Waals surface area (Å²) in [6.07, 6.45) is 1.37. The van der Waals surface area contributed by atoms with Crippen LogP contribution in [0.5, 0.6) is 0 Å². The minimum atomic E-state index is -0.582. The highest BCUT2D eigenvalue weighted by atomic mass is 32.1. The first-order valence-corrected chi connectivity index (χ1v) is 9.21. The van der Waals surface area contributed by atoms with E-state index in [2.05, 4.69) is 4.98 Å². The molecule has 8 nitrogen and oxygen atoms in total. The highest BCUT2D eigenvalue weighted by Crippen LogP contribution is 2.32. The Balaban J connectivity index is 1.86. The number of carbonyl (C=O) groups is 1. The van der Waals surface area contributed by atoms with Gasteiger partial charge in [-0.25, -0.2) is 9.78 Å². The first-order valence-electron chi connectivity index (χ1n) is 8.40. The van der Waals surface area contributed by atoms with Gasteiger partial charge in [0.1, 0.15) is 27.0 Å². The van der Waals surface area contributed by atoms with Crippen molar-refractivity contribution in [3.63, 3.8) is 0 Å². The lowest BCUT2D eigenvalue weighted by molar-refractivity contribution is 0.0531. The molecule has 0 aliphatic rings. The van der Waals surface area contributed by atoms with Gasteiger partial charge in [0.25, 0.3) is 5.56 Å². The lowest BCUT2D eigenvalue weighted by Crippen LogP contribution is -2.22. The molecule has 0 spiro atoms. The van der Waals surface area contributed by atoms with E-state index in [0.717, 1.165) is 16.7 Å².